The molecule has 5 rings (SSSR count). The molecule has 0 spiro atoms. The standard InChI is InChI=1S/C24H23F5N6O2/c1-11(2)17-6-13(36)3-4-33(17)24(37)16-7-18-14(8-30-16)20(32-35(18)22(29)21(27)28)19-9-31-23-15(26)5-12(25)10-34(19)23/h5,7-11,13,17,21-22,36H,3-4,6H2,1-2H3. The minimum atomic E-state index is -3.44. The molecule has 8 nitrogen and oxygen atoms in total. The Balaban J connectivity index is 1.65. The first kappa shape index (κ1) is 25.1. The van der Waals surface area contributed by atoms with Crippen molar-refractivity contribution in [3.63, 3.8) is 0 Å². The monoisotopic (exact) mass is 522 g/mol. The van der Waals surface area contributed by atoms with Crippen molar-refractivity contribution < 1.29 is 31.9 Å². The molecule has 0 radical (unpaired) electrons. The van der Waals surface area contributed by atoms with E-state index < -0.39 is 36.4 Å². The van der Waals surface area contributed by atoms with Crippen LogP contribution in [0, 0.1) is 17.6 Å². The average Bonchev–Trinajstić information content (AvgIpc) is 3.44. The predicted octanol–water partition coefficient (Wildman–Crippen LogP) is 4.38. The van der Waals surface area contributed by atoms with E-state index in [9.17, 15) is 31.9 Å². The molecule has 196 valence electrons. The number of halogens is 5. The van der Waals surface area contributed by atoms with Crippen molar-refractivity contribution in [1.29, 1.82) is 0 Å². The van der Waals surface area contributed by atoms with Gasteiger partial charge in [0, 0.05) is 36.4 Å². The van der Waals surface area contributed by atoms with Crippen LogP contribution in [-0.4, -0.2) is 65.2 Å². The van der Waals surface area contributed by atoms with Gasteiger partial charge in [-0.1, -0.05) is 13.8 Å². The van der Waals surface area contributed by atoms with Gasteiger partial charge in [-0.2, -0.15) is 5.10 Å². The molecule has 3 atom stereocenters. The lowest BCUT2D eigenvalue weighted by Gasteiger charge is -2.40. The molecule has 37 heavy (non-hydrogen) atoms. The van der Waals surface area contributed by atoms with E-state index in [1.54, 1.807) is 4.90 Å². The van der Waals surface area contributed by atoms with Gasteiger partial charge in [-0.05, 0) is 24.8 Å². The zero-order valence-electron chi connectivity index (χ0n) is 19.8. The van der Waals surface area contributed by atoms with E-state index in [4.69, 9.17) is 0 Å². The van der Waals surface area contributed by atoms with E-state index in [-0.39, 0.29) is 52.1 Å². The molecule has 1 N–H and O–H groups in total. The molecule has 5 heterocycles. The van der Waals surface area contributed by atoms with Crippen LogP contribution in [0.25, 0.3) is 27.9 Å². The molecule has 0 aromatic carbocycles. The number of aliphatic hydroxyl groups excluding tert-OH is 1. The molecule has 1 amide bonds. The second kappa shape index (κ2) is 9.36. The first-order chi connectivity index (χ1) is 17.6. The maximum atomic E-state index is 14.6. The van der Waals surface area contributed by atoms with Crippen LogP contribution in [0.4, 0.5) is 22.0 Å². The molecule has 0 saturated carbocycles. The number of likely N-dealkylation sites (tertiary alicyclic amines) is 1. The van der Waals surface area contributed by atoms with Gasteiger partial charge in [-0.3, -0.25) is 14.2 Å². The number of pyridine rings is 2. The SMILES string of the molecule is CC(C)C1CC(O)CCN1C(=O)c1cc2c(cn1)c(-c1cnc3c(F)cc(F)cn13)nn2C(F)C(F)F. The summed E-state index contributed by atoms with van der Waals surface area (Å²) in [4.78, 5) is 23.1. The Morgan fingerprint density at radius 3 is 2.59 bits per heavy atom. The van der Waals surface area contributed by atoms with Crippen LogP contribution in [0.2, 0.25) is 0 Å². The molecule has 1 fully saturated rings. The maximum Gasteiger partial charge on any atom is 0.289 e. The van der Waals surface area contributed by atoms with Crippen molar-refractivity contribution in [2.45, 2.75) is 51.6 Å². The van der Waals surface area contributed by atoms with Crippen LogP contribution in [0.1, 0.15) is 43.5 Å². The van der Waals surface area contributed by atoms with Gasteiger partial charge < -0.3 is 10.0 Å². The average molecular weight is 522 g/mol. The number of imidazole rings is 1. The molecule has 1 aliphatic heterocycles. The Hall–Kier alpha value is -3.61. The van der Waals surface area contributed by atoms with E-state index in [0.717, 1.165) is 16.8 Å². The van der Waals surface area contributed by atoms with Gasteiger partial charge in [-0.25, -0.2) is 31.6 Å². The number of hydrogen-bond acceptors (Lipinski definition) is 5. The van der Waals surface area contributed by atoms with E-state index in [0.29, 0.717) is 23.6 Å². The Morgan fingerprint density at radius 2 is 1.89 bits per heavy atom. The number of nitrogens with zero attached hydrogens (tertiary/aromatic N) is 6. The molecule has 13 heteroatoms. The fourth-order valence-corrected chi connectivity index (χ4v) is 4.83. The fourth-order valence-electron chi connectivity index (χ4n) is 4.83. The molecule has 1 saturated heterocycles. The van der Waals surface area contributed by atoms with Crippen molar-refractivity contribution in [3.8, 4) is 11.4 Å². The summed E-state index contributed by atoms with van der Waals surface area (Å²) < 4.78 is 71.0. The molecule has 4 aromatic heterocycles. The van der Waals surface area contributed by atoms with Crippen LogP contribution in [0.3, 0.4) is 0 Å². The summed E-state index contributed by atoms with van der Waals surface area (Å²) >= 11 is 0. The molecule has 3 unspecified atom stereocenters. The lowest BCUT2D eigenvalue weighted by molar-refractivity contribution is 0.00356. The molecule has 4 aromatic rings. The molecular formula is C24H23F5N6O2. The number of aliphatic hydroxyl groups is 1. The Bertz CT molecular complexity index is 1490. The number of alkyl halides is 3. The largest absolute Gasteiger partial charge is 0.393 e. The van der Waals surface area contributed by atoms with Gasteiger partial charge in [0.2, 0.25) is 0 Å². The van der Waals surface area contributed by atoms with Crippen LogP contribution >= 0.6 is 0 Å². The number of piperidine rings is 1. The number of hydrogen-bond donors (Lipinski definition) is 1. The van der Waals surface area contributed by atoms with E-state index >= 15 is 0 Å². The third-order valence-electron chi connectivity index (χ3n) is 6.67. The third-order valence-corrected chi connectivity index (χ3v) is 6.67. The minimum absolute atomic E-state index is 0.0179. The summed E-state index contributed by atoms with van der Waals surface area (Å²) in [5, 5.41) is 14.1. The highest BCUT2D eigenvalue weighted by Gasteiger charge is 2.34. The molecule has 1 aliphatic rings. The van der Waals surface area contributed by atoms with E-state index in [1.807, 2.05) is 13.8 Å². The lowest BCUT2D eigenvalue weighted by atomic mass is 9.90. The number of rotatable bonds is 5. The van der Waals surface area contributed by atoms with Crippen molar-refractivity contribution in [2.24, 2.45) is 5.92 Å². The minimum Gasteiger partial charge on any atom is -0.393 e. The first-order valence-corrected chi connectivity index (χ1v) is 11.7. The highest BCUT2D eigenvalue weighted by Crippen LogP contribution is 2.33. The quantitative estimate of drug-likeness (QED) is 0.393. The van der Waals surface area contributed by atoms with Gasteiger partial charge in [0.15, 0.2) is 11.5 Å². The van der Waals surface area contributed by atoms with Gasteiger partial charge in [0.25, 0.3) is 18.6 Å². The molecule has 0 bridgehead atoms. The Kier molecular flexibility index (Phi) is 6.34. The zero-order valence-corrected chi connectivity index (χ0v) is 19.8. The first-order valence-electron chi connectivity index (χ1n) is 11.7. The van der Waals surface area contributed by atoms with Crippen molar-refractivity contribution in [1.82, 2.24) is 29.0 Å². The summed E-state index contributed by atoms with van der Waals surface area (Å²) in [6.45, 7) is 4.10. The summed E-state index contributed by atoms with van der Waals surface area (Å²) in [6.07, 6.45) is -2.80. The summed E-state index contributed by atoms with van der Waals surface area (Å²) in [5.41, 5.74) is -0.575. The number of aromatic nitrogens is 5. The number of amides is 1. The number of carbonyl (C=O) groups is 1. The van der Waals surface area contributed by atoms with Gasteiger partial charge >= 0.3 is 0 Å². The highest BCUT2D eigenvalue weighted by molar-refractivity contribution is 5.99. The van der Waals surface area contributed by atoms with Crippen molar-refractivity contribution >= 4 is 22.5 Å². The smallest absolute Gasteiger partial charge is 0.289 e. The van der Waals surface area contributed by atoms with E-state index in [2.05, 4.69) is 15.1 Å². The zero-order chi connectivity index (χ0) is 26.6. The van der Waals surface area contributed by atoms with Gasteiger partial charge in [0.05, 0.1) is 23.5 Å². The van der Waals surface area contributed by atoms with Gasteiger partial charge in [-0.15, -0.1) is 0 Å². The lowest BCUT2D eigenvalue weighted by Crippen LogP contribution is -2.50. The van der Waals surface area contributed by atoms with Crippen LogP contribution in [-0.2, 0) is 0 Å². The number of carbonyl (C=O) groups excluding carboxylic acids is 1. The topological polar surface area (TPSA) is 88.5 Å². The summed E-state index contributed by atoms with van der Waals surface area (Å²) in [6, 6.07) is 1.54. The molecular weight excluding hydrogens is 499 g/mol. The predicted molar refractivity (Wildman–Crippen MR) is 123 cm³/mol. The second-order valence-corrected chi connectivity index (χ2v) is 9.42. The maximum absolute atomic E-state index is 14.6. The normalized spacial score (nSPS) is 19.5. The molecule has 0 aliphatic carbocycles. The fraction of sp³-hybridized carbons (Fsp3) is 0.417. The van der Waals surface area contributed by atoms with Crippen molar-refractivity contribution in [2.75, 3.05) is 6.54 Å². The van der Waals surface area contributed by atoms with E-state index in [1.165, 1.54) is 12.3 Å². The second-order valence-electron chi connectivity index (χ2n) is 9.42. The van der Waals surface area contributed by atoms with Gasteiger partial charge in [0.1, 0.15) is 17.2 Å². The highest BCUT2D eigenvalue weighted by atomic mass is 19.3. The summed E-state index contributed by atoms with van der Waals surface area (Å²) in [7, 11) is 0. The summed E-state index contributed by atoms with van der Waals surface area (Å²) in [5.74, 6) is -2.33. The number of fused-ring (bicyclic) bond motifs is 2. The van der Waals surface area contributed by atoms with Crippen LogP contribution < -0.4 is 0 Å². The van der Waals surface area contributed by atoms with Crippen LogP contribution in [0.15, 0.2) is 30.7 Å². The van der Waals surface area contributed by atoms with Crippen molar-refractivity contribution in [3.05, 3.63) is 48.1 Å². The van der Waals surface area contributed by atoms with Crippen LogP contribution in [0.5, 0.6) is 0 Å². The third kappa shape index (κ3) is 4.30. The Morgan fingerprint density at radius 1 is 1.14 bits per heavy atom. The Labute approximate surface area is 207 Å².